The Bertz CT molecular complexity index is 1750. The predicted octanol–water partition coefficient (Wildman–Crippen LogP) is 3.68. The molecule has 1 amide bonds. The van der Waals surface area contributed by atoms with Gasteiger partial charge in [-0.05, 0) is 105 Å². The summed E-state index contributed by atoms with van der Waals surface area (Å²) < 4.78 is 33.2. The van der Waals surface area contributed by atoms with E-state index >= 15 is 0 Å². The number of anilines is 1. The molecule has 17 heteroatoms. The van der Waals surface area contributed by atoms with Gasteiger partial charge in [0.1, 0.15) is 29.6 Å². The number of methoxy groups -OCH3 is 1. The summed E-state index contributed by atoms with van der Waals surface area (Å²) >= 11 is 0. The number of hydrogen-bond acceptors (Lipinski definition) is 15. The number of unbranched alkanes of at least 4 members (excludes halogenated alkanes) is 1. The summed E-state index contributed by atoms with van der Waals surface area (Å²) in [6.45, 7) is 16.4. The molecule has 0 bridgehead atoms. The highest BCUT2D eigenvalue weighted by atomic mass is 16.7. The van der Waals surface area contributed by atoms with Crippen molar-refractivity contribution in [1.82, 2.24) is 35.1 Å². The zero-order chi connectivity index (χ0) is 43.4. The summed E-state index contributed by atoms with van der Waals surface area (Å²) in [7, 11) is 5.39. The number of nitrogens with two attached hydrogens (primary N) is 1. The summed E-state index contributed by atoms with van der Waals surface area (Å²) in [5.74, 6) is -2.78. The van der Waals surface area contributed by atoms with Crippen LogP contribution in [-0.4, -0.2) is 147 Å². The van der Waals surface area contributed by atoms with E-state index in [0.717, 1.165) is 0 Å². The summed E-state index contributed by atoms with van der Waals surface area (Å²) in [5, 5.41) is 23.6. The number of nitrogens with zero attached hydrogens (tertiary/aromatic N) is 6. The number of likely N-dealkylation sites (N-methyl/N-ethyl adjacent to an activating group) is 1. The zero-order valence-electron chi connectivity index (χ0n) is 36.8. The van der Waals surface area contributed by atoms with E-state index in [1.165, 1.54) is 6.92 Å². The minimum absolute atomic E-state index is 0.0170. The molecule has 330 valence electrons. The number of Topliss-reactive ketones (excluding diaryl/α,β-unsaturated/α-hetero) is 1. The van der Waals surface area contributed by atoms with Crippen LogP contribution in [-0.2, 0) is 39.8 Å². The van der Waals surface area contributed by atoms with E-state index in [-0.39, 0.29) is 24.1 Å². The number of nitrogen functional groups attached to an aromatic ring is 1. The molecular formula is C42H68N8O9. The SMILES string of the molecule is CC[C@H]1OC(=O)[C@H](C)C(=O)[C@H](C)[C@@H](O[C@@H]2O[C@H](C)CC(N(C)C)C2O)[C@](C)(OC)C[C@@H](C)CN[C@H](C)[C@H]2N(CCCCn3cc(-c4cccc(N)n4)nn3)C(=O)O[C@]12C. The fraction of sp³-hybridized carbons (Fsp3) is 0.762. The Hall–Kier alpha value is -3.74. The van der Waals surface area contributed by atoms with Crippen molar-refractivity contribution in [2.24, 2.45) is 17.8 Å². The summed E-state index contributed by atoms with van der Waals surface area (Å²) in [6, 6.07) is 4.30. The van der Waals surface area contributed by atoms with Gasteiger partial charge in [-0.1, -0.05) is 32.1 Å². The molecule has 5 heterocycles. The molecule has 3 aliphatic rings. The van der Waals surface area contributed by atoms with E-state index in [1.54, 1.807) is 29.7 Å². The van der Waals surface area contributed by atoms with Crippen LogP contribution in [0.4, 0.5) is 10.6 Å². The van der Waals surface area contributed by atoms with Crippen LogP contribution in [0.15, 0.2) is 24.4 Å². The van der Waals surface area contributed by atoms with Gasteiger partial charge in [-0.2, -0.15) is 0 Å². The first-order chi connectivity index (χ1) is 27.8. The number of ketones is 1. The van der Waals surface area contributed by atoms with E-state index in [0.29, 0.717) is 68.9 Å². The predicted molar refractivity (Wildman–Crippen MR) is 220 cm³/mol. The number of esters is 1. The zero-order valence-corrected chi connectivity index (χ0v) is 36.8. The molecule has 17 nitrogen and oxygen atoms in total. The molecule has 3 saturated heterocycles. The number of nitrogens with one attached hydrogen (secondary N) is 1. The lowest BCUT2D eigenvalue weighted by Gasteiger charge is -2.46. The lowest BCUT2D eigenvalue weighted by molar-refractivity contribution is -0.295. The molecule has 0 saturated carbocycles. The minimum atomic E-state index is -1.24. The highest BCUT2D eigenvalue weighted by Gasteiger charge is 2.58. The third-order valence-corrected chi connectivity index (χ3v) is 12.7. The van der Waals surface area contributed by atoms with Crippen molar-refractivity contribution in [3.63, 3.8) is 0 Å². The van der Waals surface area contributed by atoms with Crippen molar-refractivity contribution in [2.75, 3.05) is 40.0 Å². The molecule has 3 aliphatic heterocycles. The van der Waals surface area contributed by atoms with Crippen molar-refractivity contribution in [3.8, 4) is 11.4 Å². The molecule has 0 aromatic carbocycles. The van der Waals surface area contributed by atoms with E-state index in [4.69, 9.17) is 29.4 Å². The molecule has 2 unspecified atom stereocenters. The largest absolute Gasteiger partial charge is 0.458 e. The van der Waals surface area contributed by atoms with Gasteiger partial charge in [0.15, 0.2) is 17.7 Å². The van der Waals surface area contributed by atoms with E-state index in [2.05, 4.69) is 27.5 Å². The van der Waals surface area contributed by atoms with Crippen LogP contribution in [0, 0.1) is 17.8 Å². The van der Waals surface area contributed by atoms with Crippen LogP contribution < -0.4 is 11.1 Å². The minimum Gasteiger partial charge on any atom is -0.458 e. The first-order valence-corrected chi connectivity index (χ1v) is 21.1. The van der Waals surface area contributed by atoms with Crippen molar-refractivity contribution in [2.45, 2.75) is 154 Å². The van der Waals surface area contributed by atoms with Gasteiger partial charge in [0.05, 0.1) is 35.7 Å². The molecule has 2 aromatic rings. The Morgan fingerprint density at radius 2 is 1.78 bits per heavy atom. The van der Waals surface area contributed by atoms with Crippen LogP contribution in [0.25, 0.3) is 11.4 Å². The van der Waals surface area contributed by atoms with Gasteiger partial charge in [0, 0.05) is 38.2 Å². The van der Waals surface area contributed by atoms with Gasteiger partial charge in [0.2, 0.25) is 0 Å². The van der Waals surface area contributed by atoms with Crippen LogP contribution in [0.2, 0.25) is 0 Å². The number of carbonyl (C=O) groups excluding carboxylic acids is 3. The number of aliphatic hydroxyl groups excluding tert-OH is 1. The lowest BCUT2D eigenvalue weighted by Crippen LogP contribution is -2.61. The van der Waals surface area contributed by atoms with E-state index in [1.807, 2.05) is 71.9 Å². The maximum atomic E-state index is 14.4. The number of aryl methyl sites for hydroxylation is 1. The molecule has 4 N–H and O–H groups in total. The monoisotopic (exact) mass is 829 g/mol. The van der Waals surface area contributed by atoms with Gasteiger partial charge in [0.25, 0.3) is 0 Å². The third kappa shape index (κ3) is 10.2. The third-order valence-electron chi connectivity index (χ3n) is 12.7. The Balaban J connectivity index is 1.38. The van der Waals surface area contributed by atoms with Crippen molar-refractivity contribution in [3.05, 3.63) is 24.4 Å². The second-order valence-corrected chi connectivity index (χ2v) is 17.6. The lowest BCUT2D eigenvalue weighted by atomic mass is 9.78. The molecule has 59 heavy (non-hydrogen) atoms. The van der Waals surface area contributed by atoms with Crippen molar-refractivity contribution >= 4 is 23.7 Å². The van der Waals surface area contributed by atoms with Gasteiger partial charge < -0.3 is 44.7 Å². The Labute approximate surface area is 349 Å². The summed E-state index contributed by atoms with van der Waals surface area (Å²) in [6.07, 6.45) is 0.0604. The molecule has 3 fully saturated rings. The number of aliphatic hydroxyl groups is 1. The van der Waals surface area contributed by atoms with E-state index in [9.17, 15) is 19.5 Å². The molecule has 0 aliphatic carbocycles. The van der Waals surface area contributed by atoms with Gasteiger partial charge in [-0.15, -0.1) is 5.10 Å². The Kier molecular flexibility index (Phi) is 15.2. The fourth-order valence-electron chi connectivity index (χ4n) is 9.33. The van der Waals surface area contributed by atoms with Crippen LogP contribution in [0.3, 0.4) is 0 Å². The molecular weight excluding hydrogens is 761 g/mol. The smallest absolute Gasteiger partial charge is 0.410 e. The number of fused-ring (bicyclic) bond motifs is 1. The van der Waals surface area contributed by atoms with Crippen LogP contribution >= 0.6 is 0 Å². The maximum Gasteiger partial charge on any atom is 0.410 e. The maximum absolute atomic E-state index is 14.4. The summed E-state index contributed by atoms with van der Waals surface area (Å²) in [4.78, 5) is 50.2. The fourth-order valence-corrected chi connectivity index (χ4v) is 9.33. The Morgan fingerprint density at radius 3 is 2.44 bits per heavy atom. The first-order valence-electron chi connectivity index (χ1n) is 21.1. The van der Waals surface area contributed by atoms with Gasteiger partial charge in [-0.25, -0.2) is 9.78 Å². The van der Waals surface area contributed by atoms with Crippen molar-refractivity contribution < 1.29 is 43.2 Å². The molecule has 0 spiro atoms. The number of pyridine rings is 1. The first kappa shape index (κ1) is 46.3. The molecule has 5 rings (SSSR count). The number of rotatable bonds is 11. The summed E-state index contributed by atoms with van der Waals surface area (Å²) in [5.41, 5.74) is 4.82. The normalized spacial score (nSPS) is 36.5. The van der Waals surface area contributed by atoms with Crippen molar-refractivity contribution in [1.29, 1.82) is 0 Å². The standard InChI is InChI=1S/C42H68N8O9/c1-12-32-42(8)36(50(40(54)59-42)19-14-13-18-49-23-30(46-47-49)29-16-15-17-33(43)45-29)28(6)44-22-24(2)21-41(7,55-11)37(26(4)34(51)27(5)38(53)57-32)58-39-35(52)31(48(9)10)20-25(3)56-39/h15-17,23-28,31-32,35-37,39,44,52H,12-14,18-22H2,1-11H3,(H2,43,45)/t24-,25-,26+,27-,28-,31?,32-,35?,36-,37-,39+,41-,42-/m1/s1. The molecule has 2 aromatic heterocycles. The average Bonchev–Trinajstić information content (AvgIpc) is 3.77. The topological polar surface area (TPSA) is 206 Å². The average molecular weight is 829 g/mol. The number of aromatic nitrogens is 4. The number of carbonyl (C=O) groups is 3. The van der Waals surface area contributed by atoms with E-state index < -0.39 is 71.5 Å². The molecule has 13 atom stereocenters. The number of cyclic esters (lactones) is 1. The van der Waals surface area contributed by atoms with Crippen LogP contribution in [0.1, 0.15) is 87.5 Å². The second-order valence-electron chi connectivity index (χ2n) is 17.6. The van der Waals surface area contributed by atoms with Gasteiger partial charge >= 0.3 is 12.1 Å². The number of amides is 1. The van der Waals surface area contributed by atoms with Crippen LogP contribution in [0.5, 0.6) is 0 Å². The Morgan fingerprint density at radius 1 is 1.07 bits per heavy atom. The van der Waals surface area contributed by atoms with Gasteiger partial charge in [-0.3, -0.25) is 19.2 Å². The number of ether oxygens (including phenoxy) is 5. The molecule has 0 radical (unpaired) electrons. The quantitative estimate of drug-likeness (QED) is 0.168. The number of hydrogen-bond donors (Lipinski definition) is 3. The second kappa shape index (κ2) is 19.3. The highest BCUT2D eigenvalue weighted by molar-refractivity contribution is 6.00. The highest BCUT2D eigenvalue weighted by Crippen LogP contribution is 2.40.